The van der Waals surface area contributed by atoms with E-state index >= 15 is 0 Å². The number of aryl methyl sites for hydroxylation is 1. The number of ether oxygens (including phenoxy) is 1. The molecular formula is C13H21NO2S. The molecule has 1 aromatic rings. The van der Waals surface area contributed by atoms with E-state index in [0.29, 0.717) is 6.42 Å². The largest absolute Gasteiger partial charge is 0.469 e. The van der Waals surface area contributed by atoms with Gasteiger partial charge in [0.2, 0.25) is 0 Å². The number of carbonyl (C=O) groups excluding carboxylic acids is 1. The minimum atomic E-state index is -0.537. The van der Waals surface area contributed by atoms with Gasteiger partial charge >= 0.3 is 5.97 Å². The van der Waals surface area contributed by atoms with Crippen LogP contribution < -0.4 is 5.73 Å². The van der Waals surface area contributed by atoms with E-state index in [4.69, 9.17) is 10.5 Å². The number of hydrogen-bond acceptors (Lipinski definition) is 4. The fourth-order valence-electron chi connectivity index (χ4n) is 1.79. The monoisotopic (exact) mass is 255 g/mol. The summed E-state index contributed by atoms with van der Waals surface area (Å²) in [5.74, 6) is -0.208. The van der Waals surface area contributed by atoms with E-state index in [1.54, 1.807) is 11.3 Å². The van der Waals surface area contributed by atoms with E-state index in [-0.39, 0.29) is 12.0 Å². The Labute approximate surface area is 107 Å². The highest BCUT2D eigenvalue weighted by atomic mass is 32.1. The Morgan fingerprint density at radius 2 is 2.18 bits per heavy atom. The molecule has 0 radical (unpaired) electrons. The van der Waals surface area contributed by atoms with Crippen LogP contribution in [0.4, 0.5) is 0 Å². The van der Waals surface area contributed by atoms with Gasteiger partial charge in [-0.15, -0.1) is 11.3 Å². The molecule has 0 saturated carbocycles. The summed E-state index contributed by atoms with van der Waals surface area (Å²) < 4.78 is 4.79. The van der Waals surface area contributed by atoms with Crippen molar-refractivity contribution in [3.05, 3.63) is 21.9 Å². The van der Waals surface area contributed by atoms with E-state index in [9.17, 15) is 4.79 Å². The Hall–Kier alpha value is -0.870. The summed E-state index contributed by atoms with van der Waals surface area (Å²) >= 11 is 1.72. The summed E-state index contributed by atoms with van der Waals surface area (Å²) in [6, 6.07) is 4.06. The van der Waals surface area contributed by atoms with Gasteiger partial charge in [-0.2, -0.15) is 0 Å². The second kappa shape index (κ2) is 5.65. The zero-order valence-corrected chi connectivity index (χ0v) is 11.8. The predicted octanol–water partition coefficient (Wildman–Crippen LogP) is 2.90. The summed E-state index contributed by atoms with van der Waals surface area (Å²) in [6.07, 6.45) is 1.63. The Balaban J connectivity index is 2.71. The van der Waals surface area contributed by atoms with Gasteiger partial charge in [0.1, 0.15) is 0 Å². The molecule has 17 heavy (non-hydrogen) atoms. The molecule has 1 rings (SSSR count). The van der Waals surface area contributed by atoms with Crippen LogP contribution >= 0.6 is 11.3 Å². The molecule has 96 valence electrons. The highest BCUT2D eigenvalue weighted by molar-refractivity contribution is 7.12. The van der Waals surface area contributed by atoms with Gasteiger partial charge in [-0.25, -0.2) is 0 Å². The van der Waals surface area contributed by atoms with Crippen LogP contribution in [0.25, 0.3) is 0 Å². The van der Waals surface area contributed by atoms with Crippen LogP contribution in [-0.2, 0) is 16.0 Å². The number of carbonyl (C=O) groups is 1. The Bertz CT molecular complexity index is 385. The minimum Gasteiger partial charge on any atom is -0.469 e. The molecule has 0 spiro atoms. The van der Waals surface area contributed by atoms with E-state index in [2.05, 4.69) is 19.1 Å². The lowest BCUT2D eigenvalue weighted by Gasteiger charge is -2.24. The molecule has 1 atom stereocenters. The maximum absolute atomic E-state index is 11.6. The molecule has 0 aliphatic heterocycles. The highest BCUT2D eigenvalue weighted by Crippen LogP contribution is 2.32. The SMILES string of the molecule is CCc1ccc(C(N)CC(C)(C)C(=O)OC)s1. The molecular weight excluding hydrogens is 234 g/mol. The summed E-state index contributed by atoms with van der Waals surface area (Å²) in [6.45, 7) is 5.86. The number of esters is 1. The lowest BCUT2D eigenvalue weighted by Crippen LogP contribution is -2.29. The topological polar surface area (TPSA) is 52.3 Å². The quantitative estimate of drug-likeness (QED) is 0.823. The third-order valence-corrected chi connectivity index (χ3v) is 4.23. The maximum atomic E-state index is 11.6. The van der Waals surface area contributed by atoms with Crippen molar-refractivity contribution in [1.29, 1.82) is 0 Å². The van der Waals surface area contributed by atoms with Crippen LogP contribution in [-0.4, -0.2) is 13.1 Å². The van der Waals surface area contributed by atoms with Crippen molar-refractivity contribution >= 4 is 17.3 Å². The zero-order chi connectivity index (χ0) is 13.1. The second-order valence-corrected chi connectivity index (χ2v) is 6.04. The van der Waals surface area contributed by atoms with Gasteiger partial charge in [-0.3, -0.25) is 4.79 Å². The average Bonchev–Trinajstić information content (AvgIpc) is 2.75. The lowest BCUT2D eigenvalue weighted by molar-refractivity contribution is -0.151. The van der Waals surface area contributed by atoms with Crippen molar-refractivity contribution in [2.45, 2.75) is 39.7 Å². The molecule has 0 aliphatic carbocycles. The van der Waals surface area contributed by atoms with Gasteiger partial charge in [-0.1, -0.05) is 6.92 Å². The van der Waals surface area contributed by atoms with Crippen molar-refractivity contribution in [3.63, 3.8) is 0 Å². The van der Waals surface area contributed by atoms with Crippen LogP contribution in [0.15, 0.2) is 12.1 Å². The Kier molecular flexibility index (Phi) is 4.71. The Morgan fingerprint density at radius 3 is 2.65 bits per heavy atom. The first-order valence-electron chi connectivity index (χ1n) is 5.83. The summed E-state index contributed by atoms with van der Waals surface area (Å²) in [5, 5.41) is 0. The standard InChI is InChI=1S/C13H21NO2S/c1-5-9-6-7-11(17-9)10(14)8-13(2,3)12(15)16-4/h6-7,10H,5,8,14H2,1-4H3. The average molecular weight is 255 g/mol. The van der Waals surface area contributed by atoms with E-state index in [0.717, 1.165) is 11.3 Å². The van der Waals surface area contributed by atoms with Crippen LogP contribution in [0, 0.1) is 5.41 Å². The van der Waals surface area contributed by atoms with Crippen molar-refractivity contribution in [1.82, 2.24) is 0 Å². The molecule has 2 N–H and O–H groups in total. The summed E-state index contributed by atoms with van der Waals surface area (Å²) in [7, 11) is 1.41. The molecule has 0 saturated heterocycles. The number of rotatable bonds is 5. The van der Waals surface area contributed by atoms with Crippen molar-refractivity contribution in [3.8, 4) is 0 Å². The van der Waals surface area contributed by atoms with Crippen LogP contribution in [0.3, 0.4) is 0 Å². The van der Waals surface area contributed by atoms with Crippen molar-refractivity contribution in [2.75, 3.05) is 7.11 Å². The molecule has 1 unspecified atom stereocenters. The fraction of sp³-hybridized carbons (Fsp3) is 0.615. The van der Waals surface area contributed by atoms with Gasteiger partial charge in [-0.05, 0) is 38.8 Å². The van der Waals surface area contributed by atoms with E-state index < -0.39 is 5.41 Å². The molecule has 0 fully saturated rings. The zero-order valence-electron chi connectivity index (χ0n) is 10.9. The van der Waals surface area contributed by atoms with E-state index in [1.165, 1.54) is 12.0 Å². The molecule has 1 aromatic heterocycles. The number of hydrogen-bond donors (Lipinski definition) is 1. The van der Waals surface area contributed by atoms with Crippen molar-refractivity contribution in [2.24, 2.45) is 11.1 Å². The molecule has 0 aliphatic rings. The number of methoxy groups -OCH3 is 1. The first-order chi connectivity index (χ1) is 7.90. The summed E-state index contributed by atoms with van der Waals surface area (Å²) in [4.78, 5) is 14.1. The van der Waals surface area contributed by atoms with Gasteiger partial charge < -0.3 is 10.5 Å². The molecule has 0 bridgehead atoms. The lowest BCUT2D eigenvalue weighted by atomic mass is 9.85. The molecule has 4 heteroatoms. The highest BCUT2D eigenvalue weighted by Gasteiger charge is 2.31. The number of nitrogens with two attached hydrogens (primary N) is 1. The third kappa shape index (κ3) is 3.54. The minimum absolute atomic E-state index is 0.102. The van der Waals surface area contributed by atoms with Crippen molar-refractivity contribution < 1.29 is 9.53 Å². The molecule has 1 heterocycles. The Morgan fingerprint density at radius 1 is 1.53 bits per heavy atom. The fourth-order valence-corrected chi connectivity index (χ4v) is 2.75. The van der Waals surface area contributed by atoms with Gasteiger partial charge in [0, 0.05) is 15.8 Å². The van der Waals surface area contributed by atoms with Crippen LogP contribution in [0.2, 0.25) is 0 Å². The smallest absolute Gasteiger partial charge is 0.311 e. The first-order valence-corrected chi connectivity index (χ1v) is 6.65. The second-order valence-electron chi connectivity index (χ2n) is 4.84. The van der Waals surface area contributed by atoms with Crippen LogP contribution in [0.1, 0.15) is 43.0 Å². The summed E-state index contributed by atoms with van der Waals surface area (Å²) in [5.41, 5.74) is 5.61. The molecule has 0 aromatic carbocycles. The molecule has 3 nitrogen and oxygen atoms in total. The molecule has 0 amide bonds. The maximum Gasteiger partial charge on any atom is 0.311 e. The first kappa shape index (κ1) is 14.2. The van der Waals surface area contributed by atoms with Gasteiger partial charge in [0.25, 0.3) is 0 Å². The normalized spacial score (nSPS) is 13.5. The van der Waals surface area contributed by atoms with E-state index in [1.807, 2.05) is 13.8 Å². The van der Waals surface area contributed by atoms with Crippen LogP contribution in [0.5, 0.6) is 0 Å². The third-order valence-electron chi connectivity index (χ3n) is 2.86. The number of thiophene rings is 1. The predicted molar refractivity (Wildman–Crippen MR) is 71.0 cm³/mol. The van der Waals surface area contributed by atoms with Gasteiger partial charge in [0.15, 0.2) is 0 Å². The van der Waals surface area contributed by atoms with Gasteiger partial charge in [0.05, 0.1) is 12.5 Å².